The summed E-state index contributed by atoms with van der Waals surface area (Å²) in [6, 6.07) is 7.08. The van der Waals surface area contributed by atoms with Gasteiger partial charge >= 0.3 is 0 Å². The molecule has 0 unspecified atom stereocenters. The number of phenols is 3. The second kappa shape index (κ2) is 6.39. The zero-order chi connectivity index (χ0) is 18.1. The SMILES string of the molecule is CCCCc1cccc2c(=O)c(O)c(-c3cc(O)c(O)cc3O)oc12. The number of hydrogen-bond donors (Lipinski definition) is 4. The van der Waals surface area contributed by atoms with E-state index < -0.39 is 28.4 Å². The first-order chi connectivity index (χ1) is 11.9. The van der Waals surface area contributed by atoms with Crippen molar-refractivity contribution in [3.63, 3.8) is 0 Å². The van der Waals surface area contributed by atoms with Crippen molar-refractivity contribution >= 4 is 11.0 Å². The van der Waals surface area contributed by atoms with Crippen molar-refractivity contribution in [3.8, 4) is 34.3 Å². The monoisotopic (exact) mass is 342 g/mol. The zero-order valence-corrected chi connectivity index (χ0v) is 13.6. The number of phenolic OH excluding ortho intramolecular Hbond substituents is 3. The first kappa shape index (κ1) is 16.7. The Labute approximate surface area is 143 Å². The fourth-order valence-electron chi connectivity index (χ4n) is 2.76. The van der Waals surface area contributed by atoms with Crippen LogP contribution in [0.3, 0.4) is 0 Å². The molecule has 25 heavy (non-hydrogen) atoms. The Morgan fingerprint density at radius 1 is 1.00 bits per heavy atom. The summed E-state index contributed by atoms with van der Waals surface area (Å²) in [5.74, 6) is -2.38. The largest absolute Gasteiger partial charge is 0.507 e. The van der Waals surface area contributed by atoms with Gasteiger partial charge in [-0.25, -0.2) is 0 Å². The molecule has 0 atom stereocenters. The van der Waals surface area contributed by atoms with Crippen molar-refractivity contribution in [2.75, 3.05) is 0 Å². The Hall–Kier alpha value is -3.15. The highest BCUT2D eigenvalue weighted by Crippen LogP contribution is 2.41. The first-order valence-corrected chi connectivity index (χ1v) is 7.97. The van der Waals surface area contributed by atoms with Crippen LogP contribution in [0, 0.1) is 0 Å². The van der Waals surface area contributed by atoms with Crippen LogP contribution in [0.15, 0.2) is 39.5 Å². The standard InChI is InChI=1S/C19H18O6/c1-2-3-5-10-6-4-7-11-16(23)17(24)19(25-18(10)11)12-8-14(21)15(22)9-13(12)20/h4,6-9,20-22,24H,2-3,5H2,1H3. The molecule has 0 saturated carbocycles. The molecule has 4 N–H and O–H groups in total. The quantitative estimate of drug-likeness (QED) is 0.426. The summed E-state index contributed by atoms with van der Waals surface area (Å²) in [5, 5.41) is 39.6. The first-order valence-electron chi connectivity index (χ1n) is 7.97. The predicted octanol–water partition coefficient (Wildman–Crippen LogP) is 3.63. The number of benzene rings is 2. The Morgan fingerprint density at radius 3 is 2.44 bits per heavy atom. The molecule has 0 aliphatic carbocycles. The van der Waals surface area contributed by atoms with Gasteiger partial charge in [0, 0.05) is 6.07 Å². The van der Waals surface area contributed by atoms with E-state index in [0.29, 0.717) is 12.0 Å². The molecule has 0 bridgehead atoms. The lowest BCUT2D eigenvalue weighted by Gasteiger charge is -2.11. The third-order valence-electron chi connectivity index (χ3n) is 4.11. The Morgan fingerprint density at radius 2 is 1.72 bits per heavy atom. The summed E-state index contributed by atoms with van der Waals surface area (Å²) in [6.07, 6.45) is 2.58. The number of hydrogen-bond acceptors (Lipinski definition) is 6. The minimum Gasteiger partial charge on any atom is -0.507 e. The summed E-state index contributed by atoms with van der Waals surface area (Å²) >= 11 is 0. The maximum atomic E-state index is 12.5. The average molecular weight is 342 g/mol. The van der Waals surface area contributed by atoms with Gasteiger partial charge in [-0.15, -0.1) is 0 Å². The smallest absolute Gasteiger partial charge is 0.235 e. The van der Waals surface area contributed by atoms with Gasteiger partial charge in [-0.05, 0) is 30.5 Å². The number of para-hydroxylation sites is 1. The molecule has 0 saturated heterocycles. The summed E-state index contributed by atoms with van der Waals surface area (Å²) < 4.78 is 5.76. The van der Waals surface area contributed by atoms with Gasteiger partial charge in [0.05, 0.1) is 10.9 Å². The van der Waals surface area contributed by atoms with E-state index in [2.05, 4.69) is 6.92 Å². The molecule has 0 amide bonds. The van der Waals surface area contributed by atoms with E-state index in [1.165, 1.54) is 0 Å². The van der Waals surface area contributed by atoms with Gasteiger partial charge in [0.25, 0.3) is 0 Å². The van der Waals surface area contributed by atoms with Crippen LogP contribution in [0.2, 0.25) is 0 Å². The molecular weight excluding hydrogens is 324 g/mol. The van der Waals surface area contributed by atoms with Gasteiger partial charge in [-0.3, -0.25) is 4.79 Å². The van der Waals surface area contributed by atoms with Crippen molar-refractivity contribution in [2.45, 2.75) is 26.2 Å². The third kappa shape index (κ3) is 2.87. The Bertz CT molecular complexity index is 1000. The highest BCUT2D eigenvalue weighted by Gasteiger charge is 2.21. The van der Waals surface area contributed by atoms with Crippen molar-refractivity contribution in [1.29, 1.82) is 0 Å². The van der Waals surface area contributed by atoms with E-state index in [-0.39, 0.29) is 16.7 Å². The highest BCUT2D eigenvalue weighted by molar-refractivity contribution is 5.85. The molecule has 1 heterocycles. The van der Waals surface area contributed by atoms with Crippen LogP contribution < -0.4 is 5.43 Å². The average Bonchev–Trinajstić information content (AvgIpc) is 2.59. The Kier molecular flexibility index (Phi) is 4.27. The fraction of sp³-hybridized carbons (Fsp3) is 0.211. The predicted molar refractivity (Wildman–Crippen MR) is 93.2 cm³/mol. The van der Waals surface area contributed by atoms with Gasteiger partial charge in [0.2, 0.25) is 11.2 Å². The number of unbranched alkanes of at least 4 members (excludes halogenated alkanes) is 1. The summed E-state index contributed by atoms with van der Waals surface area (Å²) in [7, 11) is 0. The van der Waals surface area contributed by atoms with Gasteiger partial charge in [0.15, 0.2) is 17.3 Å². The molecule has 6 heteroatoms. The lowest BCUT2D eigenvalue weighted by molar-refractivity contribution is 0.395. The second-order valence-electron chi connectivity index (χ2n) is 5.86. The summed E-state index contributed by atoms with van der Waals surface area (Å²) in [4.78, 5) is 12.5. The normalized spacial score (nSPS) is 11.1. The molecule has 0 radical (unpaired) electrons. The van der Waals surface area contributed by atoms with Gasteiger partial charge in [-0.1, -0.05) is 25.5 Å². The lowest BCUT2D eigenvalue weighted by Crippen LogP contribution is -2.04. The van der Waals surface area contributed by atoms with Crippen LogP contribution in [-0.4, -0.2) is 20.4 Å². The molecule has 1 aromatic heterocycles. The van der Waals surface area contributed by atoms with Crippen molar-refractivity contribution < 1.29 is 24.8 Å². The van der Waals surface area contributed by atoms with E-state index >= 15 is 0 Å². The Balaban J connectivity index is 2.31. The molecule has 6 nitrogen and oxygen atoms in total. The van der Waals surface area contributed by atoms with Crippen molar-refractivity contribution in [3.05, 3.63) is 46.1 Å². The molecule has 0 spiro atoms. The highest BCUT2D eigenvalue weighted by atomic mass is 16.4. The van der Waals surface area contributed by atoms with Crippen molar-refractivity contribution in [2.24, 2.45) is 0 Å². The maximum Gasteiger partial charge on any atom is 0.235 e. The fourth-order valence-corrected chi connectivity index (χ4v) is 2.76. The van der Waals surface area contributed by atoms with Gasteiger partial charge < -0.3 is 24.8 Å². The molecule has 2 aromatic carbocycles. The van der Waals surface area contributed by atoms with Gasteiger partial charge in [0.1, 0.15) is 11.3 Å². The van der Waals surface area contributed by atoms with E-state index in [0.717, 1.165) is 30.5 Å². The lowest BCUT2D eigenvalue weighted by atomic mass is 10.0. The van der Waals surface area contributed by atoms with Crippen LogP contribution >= 0.6 is 0 Å². The zero-order valence-electron chi connectivity index (χ0n) is 13.6. The molecule has 0 aliphatic rings. The van der Waals surface area contributed by atoms with Crippen molar-refractivity contribution in [1.82, 2.24) is 0 Å². The van der Waals surface area contributed by atoms with Gasteiger partial charge in [-0.2, -0.15) is 0 Å². The molecule has 0 aliphatic heterocycles. The van der Waals surface area contributed by atoms with Crippen LogP contribution in [0.5, 0.6) is 23.0 Å². The minimum atomic E-state index is -0.666. The third-order valence-corrected chi connectivity index (χ3v) is 4.11. The second-order valence-corrected chi connectivity index (χ2v) is 5.86. The molecule has 3 aromatic rings. The van der Waals surface area contributed by atoms with E-state index in [4.69, 9.17) is 4.42 Å². The number of aryl methyl sites for hydroxylation is 1. The molecule has 3 rings (SSSR count). The number of rotatable bonds is 4. The molecular formula is C19H18O6. The number of aromatic hydroxyl groups is 4. The maximum absolute atomic E-state index is 12.5. The van der Waals surface area contributed by atoms with Crippen LogP contribution in [0.1, 0.15) is 25.3 Å². The minimum absolute atomic E-state index is 0.0860. The van der Waals surface area contributed by atoms with Crippen LogP contribution in [0.4, 0.5) is 0 Å². The molecule has 0 fully saturated rings. The van der Waals surface area contributed by atoms with Crippen LogP contribution in [0.25, 0.3) is 22.3 Å². The molecule has 130 valence electrons. The topological polar surface area (TPSA) is 111 Å². The summed E-state index contributed by atoms with van der Waals surface area (Å²) in [6.45, 7) is 2.05. The summed E-state index contributed by atoms with van der Waals surface area (Å²) in [5.41, 5.74) is 0.444. The van der Waals surface area contributed by atoms with E-state index in [1.807, 2.05) is 6.07 Å². The van der Waals surface area contributed by atoms with E-state index in [9.17, 15) is 25.2 Å². The number of fused-ring (bicyclic) bond motifs is 1. The van der Waals surface area contributed by atoms with Crippen LogP contribution in [-0.2, 0) is 6.42 Å². The van der Waals surface area contributed by atoms with E-state index in [1.54, 1.807) is 12.1 Å².